The highest BCUT2D eigenvalue weighted by atomic mass is 127. The van der Waals surface area contributed by atoms with Crippen molar-refractivity contribution >= 4 is 33.9 Å². The maximum atomic E-state index is 9.91. The molecule has 0 saturated carbocycles. The maximum Gasteiger partial charge on any atom is 0.125 e. The van der Waals surface area contributed by atoms with Crippen LogP contribution in [0.15, 0.2) is 17.6 Å². The number of rotatable bonds is 2. The van der Waals surface area contributed by atoms with Gasteiger partial charge in [0.15, 0.2) is 0 Å². The van der Waals surface area contributed by atoms with E-state index in [0.29, 0.717) is 5.69 Å². The fourth-order valence-electron chi connectivity index (χ4n) is 1.12. The number of hydrogen-bond donors (Lipinski definition) is 1. The van der Waals surface area contributed by atoms with Gasteiger partial charge in [-0.15, -0.1) is 11.3 Å². The van der Waals surface area contributed by atoms with Crippen LogP contribution in [0.2, 0.25) is 0 Å². The van der Waals surface area contributed by atoms with Crippen LogP contribution in [-0.4, -0.2) is 20.1 Å². The van der Waals surface area contributed by atoms with E-state index in [1.807, 2.05) is 11.4 Å². The average molecular weight is 321 g/mol. The summed E-state index contributed by atoms with van der Waals surface area (Å²) >= 11 is 3.83. The Labute approximate surface area is 98.7 Å². The van der Waals surface area contributed by atoms with Crippen LogP contribution in [0.4, 0.5) is 0 Å². The van der Waals surface area contributed by atoms with Crippen LogP contribution >= 0.6 is 33.9 Å². The van der Waals surface area contributed by atoms with Crippen molar-refractivity contribution in [3.8, 4) is 0 Å². The van der Waals surface area contributed by atoms with Gasteiger partial charge in [-0.05, 0) is 39.6 Å². The standard InChI is InChI=1S/C8H8IN3OS/c1-12-10-3-6(11-12)8(13)5-2-7(9)14-4-5/h2-4,8,13H,1H3. The first-order valence-corrected chi connectivity index (χ1v) is 5.91. The van der Waals surface area contributed by atoms with Crippen molar-refractivity contribution < 1.29 is 5.11 Å². The molecule has 1 atom stereocenters. The van der Waals surface area contributed by atoms with Gasteiger partial charge in [0.1, 0.15) is 11.8 Å². The molecule has 6 heteroatoms. The van der Waals surface area contributed by atoms with E-state index in [1.54, 1.807) is 24.6 Å². The van der Waals surface area contributed by atoms with Crippen molar-refractivity contribution in [3.05, 3.63) is 31.8 Å². The Hall–Kier alpha value is -0.470. The van der Waals surface area contributed by atoms with Crippen LogP contribution in [-0.2, 0) is 7.05 Å². The van der Waals surface area contributed by atoms with Gasteiger partial charge in [-0.2, -0.15) is 15.0 Å². The summed E-state index contributed by atoms with van der Waals surface area (Å²) in [5.41, 5.74) is 1.46. The van der Waals surface area contributed by atoms with E-state index in [-0.39, 0.29) is 0 Å². The Bertz CT molecular complexity index is 399. The quantitative estimate of drug-likeness (QED) is 0.854. The first-order chi connectivity index (χ1) is 6.66. The predicted molar refractivity (Wildman–Crippen MR) is 62.1 cm³/mol. The number of halogens is 1. The molecule has 0 spiro atoms. The minimum atomic E-state index is -0.663. The number of aryl methyl sites for hydroxylation is 1. The first-order valence-electron chi connectivity index (χ1n) is 3.95. The molecule has 0 fully saturated rings. The van der Waals surface area contributed by atoms with Crippen molar-refractivity contribution in [2.45, 2.75) is 6.10 Å². The van der Waals surface area contributed by atoms with E-state index in [1.165, 1.54) is 4.80 Å². The number of aliphatic hydroxyl groups is 1. The lowest BCUT2D eigenvalue weighted by Gasteiger charge is -2.02. The van der Waals surface area contributed by atoms with Crippen molar-refractivity contribution in [1.82, 2.24) is 15.0 Å². The molecular weight excluding hydrogens is 313 g/mol. The van der Waals surface area contributed by atoms with Gasteiger partial charge < -0.3 is 5.11 Å². The van der Waals surface area contributed by atoms with Crippen LogP contribution < -0.4 is 0 Å². The minimum absolute atomic E-state index is 0.585. The van der Waals surface area contributed by atoms with E-state index in [4.69, 9.17) is 0 Å². The number of aliphatic hydroxyl groups excluding tert-OH is 1. The molecule has 74 valence electrons. The van der Waals surface area contributed by atoms with Gasteiger partial charge in [0.25, 0.3) is 0 Å². The summed E-state index contributed by atoms with van der Waals surface area (Å²) in [5, 5.41) is 19.8. The van der Waals surface area contributed by atoms with Crippen LogP contribution in [0.5, 0.6) is 0 Å². The second-order valence-electron chi connectivity index (χ2n) is 2.85. The van der Waals surface area contributed by atoms with Crippen LogP contribution in [0.25, 0.3) is 0 Å². The number of nitrogens with zero attached hydrogens (tertiary/aromatic N) is 3. The van der Waals surface area contributed by atoms with Gasteiger partial charge in [0, 0.05) is 7.05 Å². The third-order valence-corrected chi connectivity index (χ3v) is 3.61. The summed E-state index contributed by atoms with van der Waals surface area (Å²) in [5.74, 6) is 0. The Morgan fingerprint density at radius 1 is 1.64 bits per heavy atom. The van der Waals surface area contributed by atoms with Crippen molar-refractivity contribution in [3.63, 3.8) is 0 Å². The van der Waals surface area contributed by atoms with Gasteiger partial charge in [0.2, 0.25) is 0 Å². The highest BCUT2D eigenvalue weighted by molar-refractivity contribution is 14.1. The van der Waals surface area contributed by atoms with E-state index in [9.17, 15) is 5.11 Å². The molecule has 0 aliphatic rings. The number of hydrogen-bond acceptors (Lipinski definition) is 4. The smallest absolute Gasteiger partial charge is 0.125 e. The van der Waals surface area contributed by atoms with Gasteiger partial charge in [0.05, 0.1) is 9.08 Å². The van der Waals surface area contributed by atoms with Crippen molar-refractivity contribution in [1.29, 1.82) is 0 Å². The molecule has 0 aliphatic carbocycles. The summed E-state index contributed by atoms with van der Waals surface area (Å²) in [6, 6.07) is 1.95. The Morgan fingerprint density at radius 3 is 2.93 bits per heavy atom. The SMILES string of the molecule is Cn1ncc(C(O)c2csc(I)c2)n1. The molecule has 0 aromatic carbocycles. The maximum absolute atomic E-state index is 9.91. The molecule has 2 aromatic rings. The molecule has 0 saturated heterocycles. The van der Waals surface area contributed by atoms with Crippen molar-refractivity contribution in [2.75, 3.05) is 0 Å². The third kappa shape index (κ3) is 1.96. The zero-order valence-corrected chi connectivity index (χ0v) is 10.4. The molecule has 2 aromatic heterocycles. The molecule has 2 heterocycles. The normalized spacial score (nSPS) is 13.1. The Kier molecular flexibility index (Phi) is 2.84. The highest BCUT2D eigenvalue weighted by Crippen LogP contribution is 2.25. The number of aromatic nitrogens is 3. The topological polar surface area (TPSA) is 50.9 Å². The van der Waals surface area contributed by atoms with Crippen LogP contribution in [0.3, 0.4) is 0 Å². The van der Waals surface area contributed by atoms with E-state index >= 15 is 0 Å². The van der Waals surface area contributed by atoms with Gasteiger partial charge in [-0.25, -0.2) is 0 Å². The fraction of sp³-hybridized carbons (Fsp3) is 0.250. The number of thiophene rings is 1. The van der Waals surface area contributed by atoms with Gasteiger partial charge in [-0.1, -0.05) is 0 Å². The van der Waals surface area contributed by atoms with Gasteiger partial charge in [-0.3, -0.25) is 0 Å². The zero-order chi connectivity index (χ0) is 10.1. The predicted octanol–water partition coefficient (Wildman–Crippen LogP) is 1.56. The Balaban J connectivity index is 2.28. The van der Waals surface area contributed by atoms with E-state index < -0.39 is 6.10 Å². The Morgan fingerprint density at radius 2 is 2.43 bits per heavy atom. The fourth-order valence-corrected chi connectivity index (χ4v) is 2.52. The molecule has 14 heavy (non-hydrogen) atoms. The molecule has 4 nitrogen and oxygen atoms in total. The monoisotopic (exact) mass is 321 g/mol. The first kappa shape index (κ1) is 10.1. The average Bonchev–Trinajstić information content (AvgIpc) is 2.73. The highest BCUT2D eigenvalue weighted by Gasteiger charge is 2.14. The second-order valence-corrected chi connectivity index (χ2v) is 5.65. The third-order valence-electron chi connectivity index (χ3n) is 1.80. The minimum Gasteiger partial charge on any atom is -0.382 e. The zero-order valence-electron chi connectivity index (χ0n) is 7.38. The molecule has 0 radical (unpaired) electrons. The summed E-state index contributed by atoms with van der Waals surface area (Å²) < 4.78 is 1.15. The largest absolute Gasteiger partial charge is 0.382 e. The summed E-state index contributed by atoms with van der Waals surface area (Å²) in [7, 11) is 1.73. The summed E-state index contributed by atoms with van der Waals surface area (Å²) in [6.45, 7) is 0. The molecule has 2 rings (SSSR count). The second kappa shape index (κ2) is 3.95. The molecule has 0 amide bonds. The van der Waals surface area contributed by atoms with Crippen LogP contribution in [0.1, 0.15) is 17.4 Å². The molecule has 1 N–H and O–H groups in total. The molecule has 1 unspecified atom stereocenters. The molecule has 0 bridgehead atoms. The lowest BCUT2D eigenvalue weighted by molar-refractivity contribution is 0.215. The molecule has 0 aliphatic heterocycles. The van der Waals surface area contributed by atoms with Crippen molar-refractivity contribution in [2.24, 2.45) is 7.05 Å². The molecular formula is C8H8IN3OS. The van der Waals surface area contributed by atoms with Crippen LogP contribution in [0, 0.1) is 2.88 Å². The summed E-state index contributed by atoms with van der Waals surface area (Å²) in [6.07, 6.45) is 0.915. The van der Waals surface area contributed by atoms with E-state index in [2.05, 4.69) is 32.8 Å². The lowest BCUT2D eigenvalue weighted by atomic mass is 10.1. The lowest BCUT2D eigenvalue weighted by Crippen LogP contribution is -2.00. The summed E-state index contributed by atoms with van der Waals surface area (Å²) in [4.78, 5) is 1.44. The van der Waals surface area contributed by atoms with Gasteiger partial charge >= 0.3 is 0 Å². The van der Waals surface area contributed by atoms with E-state index in [0.717, 1.165) is 8.45 Å².